The Balaban J connectivity index is 1.80. The molecule has 0 aromatic carbocycles. The highest BCUT2D eigenvalue weighted by Gasteiger charge is 2.27. The molecule has 1 aliphatic rings. The monoisotopic (exact) mass is 278 g/mol. The number of hydrogen-bond acceptors (Lipinski definition) is 5. The summed E-state index contributed by atoms with van der Waals surface area (Å²) in [5, 5.41) is 3.35. The van der Waals surface area contributed by atoms with Crippen LogP contribution in [0.1, 0.15) is 50.4 Å². The first-order valence-electron chi connectivity index (χ1n) is 7.53. The van der Waals surface area contributed by atoms with Crippen LogP contribution in [0.3, 0.4) is 0 Å². The number of nitrogen functional groups attached to an aromatic ring is 1. The number of rotatable bonds is 8. The molecule has 0 aliphatic heterocycles. The topological polar surface area (TPSA) is 73.1 Å². The normalized spacial score (nSPS) is 14.8. The van der Waals surface area contributed by atoms with Crippen molar-refractivity contribution in [2.24, 2.45) is 5.92 Å². The van der Waals surface area contributed by atoms with E-state index in [0.717, 1.165) is 43.4 Å². The molecular weight excluding hydrogens is 252 g/mol. The molecule has 0 amide bonds. The van der Waals surface area contributed by atoms with Crippen molar-refractivity contribution in [1.82, 2.24) is 9.97 Å². The molecule has 0 bridgehead atoms. The highest BCUT2D eigenvalue weighted by Crippen LogP contribution is 2.39. The number of aromatic nitrogens is 2. The number of ether oxygens (including phenoxy) is 1. The third-order valence-electron chi connectivity index (χ3n) is 3.35. The quantitative estimate of drug-likeness (QED) is 0.715. The van der Waals surface area contributed by atoms with Crippen molar-refractivity contribution in [1.29, 1.82) is 0 Å². The molecule has 2 rings (SSSR count). The van der Waals surface area contributed by atoms with E-state index in [1.807, 2.05) is 6.92 Å². The van der Waals surface area contributed by atoms with Crippen molar-refractivity contribution in [3.8, 4) is 0 Å². The molecule has 1 aromatic heterocycles. The van der Waals surface area contributed by atoms with Gasteiger partial charge in [0.1, 0.15) is 17.5 Å². The van der Waals surface area contributed by atoms with E-state index >= 15 is 0 Å². The average Bonchev–Trinajstić information content (AvgIpc) is 3.22. The molecule has 0 radical (unpaired) electrons. The SMILES string of the molecule is Cc1c(N)nc(C2CC2)nc1NCCCOCC(C)C. The van der Waals surface area contributed by atoms with E-state index in [2.05, 4.69) is 29.1 Å². The molecule has 1 aliphatic carbocycles. The lowest BCUT2D eigenvalue weighted by Crippen LogP contribution is -2.12. The molecule has 3 N–H and O–H groups in total. The van der Waals surface area contributed by atoms with Crippen LogP contribution in [0.2, 0.25) is 0 Å². The minimum Gasteiger partial charge on any atom is -0.383 e. The molecule has 5 heteroatoms. The van der Waals surface area contributed by atoms with Gasteiger partial charge in [0, 0.05) is 31.2 Å². The number of nitrogens with one attached hydrogen (secondary N) is 1. The smallest absolute Gasteiger partial charge is 0.136 e. The second-order valence-corrected chi connectivity index (χ2v) is 5.96. The Morgan fingerprint density at radius 2 is 2.10 bits per heavy atom. The zero-order valence-electron chi connectivity index (χ0n) is 12.8. The van der Waals surface area contributed by atoms with Crippen LogP contribution in [-0.4, -0.2) is 29.7 Å². The average molecular weight is 278 g/mol. The van der Waals surface area contributed by atoms with Crippen molar-refractivity contribution >= 4 is 11.6 Å². The second-order valence-electron chi connectivity index (χ2n) is 5.96. The van der Waals surface area contributed by atoms with Gasteiger partial charge in [-0.05, 0) is 32.1 Å². The maximum atomic E-state index is 5.96. The van der Waals surface area contributed by atoms with Crippen molar-refractivity contribution in [2.75, 3.05) is 30.8 Å². The Labute approximate surface area is 121 Å². The van der Waals surface area contributed by atoms with Gasteiger partial charge in [0.15, 0.2) is 0 Å². The summed E-state index contributed by atoms with van der Waals surface area (Å²) in [5.74, 6) is 3.48. The number of nitrogens with two attached hydrogens (primary N) is 1. The summed E-state index contributed by atoms with van der Waals surface area (Å²) in [4.78, 5) is 8.97. The van der Waals surface area contributed by atoms with Crippen molar-refractivity contribution < 1.29 is 4.74 Å². The predicted octanol–water partition coefficient (Wildman–Crippen LogP) is 2.72. The van der Waals surface area contributed by atoms with Gasteiger partial charge in [0.25, 0.3) is 0 Å². The lowest BCUT2D eigenvalue weighted by Gasteiger charge is -2.12. The third kappa shape index (κ3) is 4.34. The summed E-state index contributed by atoms with van der Waals surface area (Å²) < 4.78 is 5.56. The Kier molecular flexibility index (Phi) is 5.17. The van der Waals surface area contributed by atoms with Gasteiger partial charge in [0.05, 0.1) is 0 Å². The van der Waals surface area contributed by atoms with Crippen LogP contribution >= 0.6 is 0 Å². The van der Waals surface area contributed by atoms with Crippen LogP contribution in [0.25, 0.3) is 0 Å². The molecule has 1 heterocycles. The third-order valence-corrected chi connectivity index (χ3v) is 3.35. The van der Waals surface area contributed by atoms with Gasteiger partial charge in [-0.25, -0.2) is 9.97 Å². The summed E-state index contributed by atoms with van der Waals surface area (Å²) in [7, 11) is 0. The molecule has 1 aromatic rings. The first-order valence-corrected chi connectivity index (χ1v) is 7.53. The summed E-state index contributed by atoms with van der Waals surface area (Å²) in [6, 6.07) is 0. The van der Waals surface area contributed by atoms with Crippen LogP contribution < -0.4 is 11.1 Å². The van der Waals surface area contributed by atoms with Crippen LogP contribution in [-0.2, 0) is 4.74 Å². The molecule has 1 fully saturated rings. The molecule has 1 saturated carbocycles. The molecule has 0 atom stereocenters. The minimum absolute atomic E-state index is 0.521. The maximum absolute atomic E-state index is 5.96. The Bertz CT molecular complexity index is 444. The Morgan fingerprint density at radius 1 is 1.35 bits per heavy atom. The number of hydrogen-bond donors (Lipinski definition) is 2. The zero-order chi connectivity index (χ0) is 14.5. The van der Waals surface area contributed by atoms with E-state index < -0.39 is 0 Å². The summed E-state index contributed by atoms with van der Waals surface area (Å²) in [6.07, 6.45) is 3.34. The molecule has 5 nitrogen and oxygen atoms in total. The summed E-state index contributed by atoms with van der Waals surface area (Å²) >= 11 is 0. The summed E-state index contributed by atoms with van der Waals surface area (Å²) in [6.45, 7) is 8.73. The van der Waals surface area contributed by atoms with Crippen molar-refractivity contribution in [3.05, 3.63) is 11.4 Å². The van der Waals surface area contributed by atoms with E-state index in [1.54, 1.807) is 0 Å². The first-order chi connectivity index (χ1) is 9.58. The predicted molar refractivity (Wildman–Crippen MR) is 81.9 cm³/mol. The van der Waals surface area contributed by atoms with Crippen molar-refractivity contribution in [2.45, 2.75) is 46.0 Å². The molecule has 0 unspecified atom stereocenters. The van der Waals surface area contributed by atoms with E-state index in [4.69, 9.17) is 10.5 Å². The van der Waals surface area contributed by atoms with Crippen LogP contribution in [0.5, 0.6) is 0 Å². The molecular formula is C15H26N4O. The minimum atomic E-state index is 0.521. The number of anilines is 2. The van der Waals surface area contributed by atoms with Gasteiger partial charge in [-0.15, -0.1) is 0 Å². The van der Waals surface area contributed by atoms with Crippen LogP contribution in [0.15, 0.2) is 0 Å². The van der Waals surface area contributed by atoms with Gasteiger partial charge < -0.3 is 15.8 Å². The van der Waals surface area contributed by atoms with Crippen LogP contribution in [0, 0.1) is 12.8 Å². The van der Waals surface area contributed by atoms with Gasteiger partial charge in [-0.3, -0.25) is 0 Å². The first kappa shape index (κ1) is 15.0. The lowest BCUT2D eigenvalue weighted by molar-refractivity contribution is 0.110. The Morgan fingerprint density at radius 3 is 2.75 bits per heavy atom. The highest BCUT2D eigenvalue weighted by atomic mass is 16.5. The fourth-order valence-corrected chi connectivity index (χ4v) is 1.95. The van der Waals surface area contributed by atoms with Gasteiger partial charge in [-0.1, -0.05) is 13.8 Å². The summed E-state index contributed by atoms with van der Waals surface area (Å²) in [5.41, 5.74) is 6.90. The maximum Gasteiger partial charge on any atom is 0.136 e. The fraction of sp³-hybridized carbons (Fsp3) is 0.733. The van der Waals surface area contributed by atoms with Crippen LogP contribution in [0.4, 0.5) is 11.6 Å². The second kappa shape index (κ2) is 6.88. The fourth-order valence-electron chi connectivity index (χ4n) is 1.95. The molecule has 20 heavy (non-hydrogen) atoms. The van der Waals surface area contributed by atoms with Crippen molar-refractivity contribution in [3.63, 3.8) is 0 Å². The highest BCUT2D eigenvalue weighted by molar-refractivity contribution is 5.55. The Hall–Kier alpha value is -1.36. The standard InChI is InChI=1S/C15H26N4O/c1-10(2)9-20-8-4-7-17-14-11(3)13(16)18-15(19-14)12-5-6-12/h10,12H,4-9H2,1-3H3,(H3,16,17,18,19). The van der Waals surface area contributed by atoms with E-state index in [-0.39, 0.29) is 0 Å². The van der Waals surface area contributed by atoms with E-state index in [9.17, 15) is 0 Å². The molecule has 0 spiro atoms. The number of nitrogens with zero attached hydrogens (tertiary/aromatic N) is 2. The van der Waals surface area contributed by atoms with E-state index in [1.165, 1.54) is 12.8 Å². The van der Waals surface area contributed by atoms with Gasteiger partial charge in [-0.2, -0.15) is 0 Å². The van der Waals surface area contributed by atoms with Gasteiger partial charge in [0.2, 0.25) is 0 Å². The zero-order valence-corrected chi connectivity index (χ0v) is 12.8. The van der Waals surface area contributed by atoms with E-state index in [0.29, 0.717) is 17.7 Å². The molecule has 112 valence electrons. The molecule has 0 saturated heterocycles. The largest absolute Gasteiger partial charge is 0.383 e. The van der Waals surface area contributed by atoms with Gasteiger partial charge >= 0.3 is 0 Å². The lowest BCUT2D eigenvalue weighted by atomic mass is 10.2.